The van der Waals surface area contributed by atoms with Gasteiger partial charge in [0, 0.05) is 23.8 Å². The Hall–Kier alpha value is -1.51. The summed E-state index contributed by atoms with van der Waals surface area (Å²) in [4.78, 5) is 12.4. The average molecular weight is 288 g/mol. The first-order valence-electron chi connectivity index (χ1n) is 8.27. The fraction of sp³-hybridized carbons (Fsp3) is 0.611. The lowest BCUT2D eigenvalue weighted by atomic mass is 9.86. The highest BCUT2D eigenvalue weighted by Crippen LogP contribution is 2.24. The summed E-state index contributed by atoms with van der Waals surface area (Å²) >= 11 is 0. The van der Waals surface area contributed by atoms with Crippen molar-refractivity contribution in [2.45, 2.75) is 58.9 Å². The van der Waals surface area contributed by atoms with Gasteiger partial charge in [-0.25, -0.2) is 0 Å². The molecule has 0 aliphatic heterocycles. The minimum absolute atomic E-state index is 0.0684. The van der Waals surface area contributed by atoms with Gasteiger partial charge in [0.15, 0.2) is 0 Å². The van der Waals surface area contributed by atoms with Crippen LogP contribution in [-0.4, -0.2) is 18.5 Å². The van der Waals surface area contributed by atoms with Crippen LogP contribution < -0.4 is 10.6 Å². The van der Waals surface area contributed by atoms with E-state index >= 15 is 0 Å². The third-order valence-corrected chi connectivity index (χ3v) is 4.48. The first-order chi connectivity index (χ1) is 10.1. The molecule has 1 saturated carbocycles. The van der Waals surface area contributed by atoms with Gasteiger partial charge in [0.1, 0.15) is 0 Å². The molecule has 2 N–H and O–H groups in total. The van der Waals surface area contributed by atoms with E-state index in [-0.39, 0.29) is 5.91 Å². The van der Waals surface area contributed by atoms with Crippen LogP contribution in [0.4, 0.5) is 5.69 Å². The normalized spacial score (nSPS) is 21.9. The van der Waals surface area contributed by atoms with Crippen LogP contribution >= 0.6 is 0 Å². The molecule has 1 aliphatic rings. The summed E-state index contributed by atoms with van der Waals surface area (Å²) in [6.45, 7) is 7.41. The predicted molar refractivity (Wildman–Crippen MR) is 88.8 cm³/mol. The molecule has 0 aromatic heterocycles. The first-order valence-corrected chi connectivity index (χ1v) is 8.27. The van der Waals surface area contributed by atoms with Gasteiger partial charge >= 0.3 is 0 Å². The number of anilines is 1. The fourth-order valence-corrected chi connectivity index (χ4v) is 3.05. The van der Waals surface area contributed by atoms with Crippen molar-refractivity contribution < 1.29 is 4.79 Å². The van der Waals surface area contributed by atoms with Crippen LogP contribution in [0.3, 0.4) is 0 Å². The zero-order valence-electron chi connectivity index (χ0n) is 13.5. The Morgan fingerprint density at radius 3 is 2.71 bits per heavy atom. The maximum atomic E-state index is 12.4. The van der Waals surface area contributed by atoms with Crippen molar-refractivity contribution in [1.29, 1.82) is 0 Å². The van der Waals surface area contributed by atoms with Crippen LogP contribution in [0.2, 0.25) is 0 Å². The maximum Gasteiger partial charge on any atom is 0.251 e. The smallest absolute Gasteiger partial charge is 0.251 e. The number of benzene rings is 1. The van der Waals surface area contributed by atoms with E-state index < -0.39 is 0 Å². The molecule has 1 aliphatic carbocycles. The number of hydrogen-bond acceptors (Lipinski definition) is 2. The van der Waals surface area contributed by atoms with Gasteiger partial charge in [0.2, 0.25) is 0 Å². The highest BCUT2D eigenvalue weighted by Gasteiger charge is 2.23. The number of nitrogens with one attached hydrogen (secondary N) is 2. The Morgan fingerprint density at radius 2 is 2.05 bits per heavy atom. The summed E-state index contributed by atoms with van der Waals surface area (Å²) in [5.74, 6) is 0.660. The van der Waals surface area contributed by atoms with Crippen molar-refractivity contribution in [1.82, 2.24) is 5.32 Å². The van der Waals surface area contributed by atoms with E-state index in [1.54, 1.807) is 0 Å². The average Bonchev–Trinajstić information content (AvgIpc) is 2.48. The van der Waals surface area contributed by atoms with Crippen molar-refractivity contribution >= 4 is 11.6 Å². The summed E-state index contributed by atoms with van der Waals surface area (Å²) in [5, 5.41) is 6.60. The highest BCUT2D eigenvalue weighted by molar-refractivity contribution is 5.95. The van der Waals surface area contributed by atoms with Gasteiger partial charge < -0.3 is 10.6 Å². The minimum atomic E-state index is 0.0684. The SMILES string of the molecule is CCCNc1ccc(C(=O)NC2CCCCC2C)cc1C. The molecule has 1 fully saturated rings. The maximum absolute atomic E-state index is 12.4. The second kappa shape index (κ2) is 7.48. The largest absolute Gasteiger partial charge is 0.385 e. The van der Waals surface area contributed by atoms with Gasteiger partial charge in [-0.2, -0.15) is 0 Å². The molecule has 3 heteroatoms. The molecule has 2 rings (SSSR count). The van der Waals surface area contributed by atoms with Crippen LogP contribution in [0, 0.1) is 12.8 Å². The molecule has 0 heterocycles. The number of carbonyl (C=O) groups excluding carboxylic acids is 1. The van der Waals surface area contributed by atoms with Crippen molar-refractivity contribution in [3.8, 4) is 0 Å². The van der Waals surface area contributed by atoms with Crippen molar-refractivity contribution in [2.24, 2.45) is 5.92 Å². The lowest BCUT2D eigenvalue weighted by Crippen LogP contribution is -2.41. The van der Waals surface area contributed by atoms with Crippen molar-refractivity contribution in [2.75, 3.05) is 11.9 Å². The molecule has 3 nitrogen and oxygen atoms in total. The van der Waals surface area contributed by atoms with Crippen LogP contribution in [0.15, 0.2) is 18.2 Å². The van der Waals surface area contributed by atoms with Crippen LogP contribution in [0.5, 0.6) is 0 Å². The number of rotatable bonds is 5. The van der Waals surface area contributed by atoms with E-state index in [0.717, 1.165) is 36.2 Å². The van der Waals surface area contributed by atoms with Crippen LogP contribution in [0.1, 0.15) is 61.9 Å². The highest BCUT2D eigenvalue weighted by atomic mass is 16.1. The Bertz CT molecular complexity index is 484. The minimum Gasteiger partial charge on any atom is -0.385 e. The zero-order valence-corrected chi connectivity index (χ0v) is 13.5. The quantitative estimate of drug-likeness (QED) is 0.855. The molecule has 2 atom stereocenters. The van der Waals surface area contributed by atoms with E-state index in [4.69, 9.17) is 0 Å². The monoisotopic (exact) mass is 288 g/mol. The number of hydrogen-bond donors (Lipinski definition) is 2. The molecule has 0 radical (unpaired) electrons. The molecular formula is C18H28N2O. The molecule has 0 bridgehead atoms. The van der Waals surface area contributed by atoms with Crippen molar-refractivity contribution in [3.05, 3.63) is 29.3 Å². The Labute approximate surface area is 128 Å². The molecule has 1 aromatic carbocycles. The van der Waals surface area contributed by atoms with Gasteiger partial charge in [0.25, 0.3) is 5.91 Å². The molecule has 1 aromatic rings. The fourth-order valence-electron chi connectivity index (χ4n) is 3.05. The second-order valence-corrected chi connectivity index (χ2v) is 6.30. The molecule has 0 spiro atoms. The third kappa shape index (κ3) is 4.23. The molecule has 21 heavy (non-hydrogen) atoms. The summed E-state index contributed by atoms with van der Waals surface area (Å²) in [5.41, 5.74) is 3.03. The van der Waals surface area contributed by atoms with E-state index in [1.807, 2.05) is 18.2 Å². The van der Waals surface area contributed by atoms with Gasteiger partial charge in [-0.1, -0.05) is 26.7 Å². The number of aryl methyl sites for hydroxylation is 1. The van der Waals surface area contributed by atoms with Crippen LogP contribution in [-0.2, 0) is 0 Å². The summed E-state index contributed by atoms with van der Waals surface area (Å²) in [6, 6.07) is 6.27. The summed E-state index contributed by atoms with van der Waals surface area (Å²) in [6.07, 6.45) is 5.96. The van der Waals surface area contributed by atoms with Gasteiger partial charge in [-0.3, -0.25) is 4.79 Å². The predicted octanol–water partition coefficient (Wildman–Crippen LogP) is 4.13. The van der Waals surface area contributed by atoms with Gasteiger partial charge in [-0.15, -0.1) is 0 Å². The Balaban J connectivity index is 2.00. The third-order valence-electron chi connectivity index (χ3n) is 4.48. The Kier molecular flexibility index (Phi) is 5.66. The standard InChI is InChI=1S/C18H28N2O/c1-4-11-19-16-10-9-15(12-14(16)3)18(21)20-17-8-6-5-7-13(17)2/h9-10,12-13,17,19H,4-8,11H2,1-3H3,(H,20,21). The Morgan fingerprint density at radius 1 is 1.29 bits per heavy atom. The zero-order chi connectivity index (χ0) is 15.2. The topological polar surface area (TPSA) is 41.1 Å². The lowest BCUT2D eigenvalue weighted by Gasteiger charge is -2.29. The first kappa shape index (κ1) is 15.9. The summed E-state index contributed by atoms with van der Waals surface area (Å²) in [7, 11) is 0. The van der Waals surface area contributed by atoms with E-state index in [9.17, 15) is 4.79 Å². The second-order valence-electron chi connectivity index (χ2n) is 6.30. The molecule has 116 valence electrons. The van der Waals surface area contributed by atoms with E-state index in [2.05, 4.69) is 31.4 Å². The number of carbonyl (C=O) groups is 1. The van der Waals surface area contributed by atoms with Crippen molar-refractivity contribution in [3.63, 3.8) is 0 Å². The van der Waals surface area contributed by atoms with Gasteiger partial charge in [0.05, 0.1) is 0 Å². The number of amides is 1. The molecule has 2 unspecified atom stereocenters. The molecule has 0 saturated heterocycles. The molecule has 1 amide bonds. The van der Waals surface area contributed by atoms with E-state index in [0.29, 0.717) is 12.0 Å². The van der Waals surface area contributed by atoms with Gasteiger partial charge in [-0.05, 0) is 55.9 Å². The van der Waals surface area contributed by atoms with Crippen LogP contribution in [0.25, 0.3) is 0 Å². The van der Waals surface area contributed by atoms with E-state index in [1.165, 1.54) is 19.3 Å². The summed E-state index contributed by atoms with van der Waals surface area (Å²) < 4.78 is 0. The lowest BCUT2D eigenvalue weighted by molar-refractivity contribution is 0.0910. The molecular weight excluding hydrogens is 260 g/mol.